The molecule has 2 heterocycles. The van der Waals surface area contributed by atoms with Gasteiger partial charge in [0.1, 0.15) is 0 Å². The van der Waals surface area contributed by atoms with Crippen LogP contribution in [0, 0.1) is 0 Å². The van der Waals surface area contributed by atoms with Gasteiger partial charge in [-0.3, -0.25) is 0 Å². The van der Waals surface area contributed by atoms with Gasteiger partial charge < -0.3 is 4.90 Å². The van der Waals surface area contributed by atoms with Gasteiger partial charge in [-0.15, -0.1) is 0 Å². The lowest BCUT2D eigenvalue weighted by Gasteiger charge is -2.45. The van der Waals surface area contributed by atoms with E-state index in [2.05, 4.69) is 107 Å². The lowest BCUT2D eigenvalue weighted by atomic mass is 9.71. The van der Waals surface area contributed by atoms with Crippen LogP contribution >= 0.6 is 15.9 Å². The SMILES string of the molecule is CC1(C)c2ccccc2N2c3ccccc3-c3cccc4c(Br)cc1c2c34. The first kappa shape index (κ1) is 15.5. The largest absolute Gasteiger partial charge is 0.309 e. The number of anilines is 3. The van der Waals surface area contributed by atoms with Gasteiger partial charge in [0.2, 0.25) is 0 Å². The molecule has 0 N–H and O–H groups in total. The van der Waals surface area contributed by atoms with Crippen molar-refractivity contribution in [2.75, 3.05) is 4.90 Å². The van der Waals surface area contributed by atoms with E-state index in [1.807, 2.05) is 0 Å². The van der Waals surface area contributed by atoms with Crippen molar-refractivity contribution in [2.24, 2.45) is 0 Å². The Morgan fingerprint density at radius 2 is 1.44 bits per heavy atom. The van der Waals surface area contributed by atoms with E-state index in [-0.39, 0.29) is 5.41 Å². The zero-order valence-electron chi connectivity index (χ0n) is 15.3. The molecule has 2 aliphatic rings. The second-order valence-electron chi connectivity index (χ2n) is 7.98. The molecule has 0 fully saturated rings. The van der Waals surface area contributed by atoms with E-state index in [1.54, 1.807) is 0 Å². The summed E-state index contributed by atoms with van der Waals surface area (Å²) in [6.45, 7) is 4.69. The number of fused-ring (bicyclic) bond motifs is 5. The van der Waals surface area contributed by atoms with Gasteiger partial charge in [0, 0.05) is 20.8 Å². The van der Waals surface area contributed by atoms with Crippen LogP contribution in [0.4, 0.5) is 17.1 Å². The monoisotopic (exact) mass is 411 g/mol. The first-order valence-electron chi connectivity index (χ1n) is 9.34. The third-order valence-electron chi connectivity index (χ3n) is 6.24. The fourth-order valence-electron chi connectivity index (χ4n) is 4.96. The molecule has 0 unspecified atom stereocenters. The summed E-state index contributed by atoms with van der Waals surface area (Å²) < 4.78 is 1.17. The van der Waals surface area contributed by atoms with Gasteiger partial charge in [0.25, 0.3) is 0 Å². The van der Waals surface area contributed by atoms with Crippen molar-refractivity contribution in [3.8, 4) is 11.1 Å². The van der Waals surface area contributed by atoms with Crippen LogP contribution in [0.5, 0.6) is 0 Å². The van der Waals surface area contributed by atoms with Gasteiger partial charge in [0.15, 0.2) is 0 Å². The number of nitrogens with zero attached hydrogens (tertiary/aromatic N) is 1. The average Bonchev–Trinajstić information content (AvgIpc) is 2.69. The Morgan fingerprint density at radius 3 is 2.30 bits per heavy atom. The second kappa shape index (κ2) is 5.02. The maximum Gasteiger partial charge on any atom is 0.0588 e. The summed E-state index contributed by atoms with van der Waals surface area (Å²) in [6, 6.07) is 26.6. The highest BCUT2D eigenvalue weighted by atomic mass is 79.9. The summed E-state index contributed by atoms with van der Waals surface area (Å²) >= 11 is 3.87. The predicted octanol–water partition coefficient (Wildman–Crippen LogP) is 7.69. The summed E-state index contributed by atoms with van der Waals surface area (Å²) in [4.78, 5) is 2.48. The Morgan fingerprint density at radius 1 is 0.741 bits per heavy atom. The number of hydrogen-bond acceptors (Lipinski definition) is 1. The van der Waals surface area contributed by atoms with E-state index >= 15 is 0 Å². The van der Waals surface area contributed by atoms with Crippen LogP contribution in [-0.4, -0.2) is 0 Å². The van der Waals surface area contributed by atoms with Gasteiger partial charge in [-0.2, -0.15) is 0 Å². The molecule has 1 nitrogen and oxygen atoms in total. The summed E-state index contributed by atoms with van der Waals surface area (Å²) in [5.41, 5.74) is 9.22. The number of para-hydroxylation sites is 2. The van der Waals surface area contributed by atoms with Crippen LogP contribution in [0.25, 0.3) is 21.9 Å². The molecule has 4 aromatic rings. The number of rotatable bonds is 0. The molecule has 2 heteroatoms. The van der Waals surface area contributed by atoms with Crippen LogP contribution < -0.4 is 4.90 Å². The van der Waals surface area contributed by atoms with Crippen LogP contribution in [0.3, 0.4) is 0 Å². The summed E-state index contributed by atoms with van der Waals surface area (Å²) in [6.07, 6.45) is 0. The van der Waals surface area contributed by atoms with E-state index in [9.17, 15) is 0 Å². The van der Waals surface area contributed by atoms with Crippen molar-refractivity contribution >= 4 is 43.8 Å². The van der Waals surface area contributed by atoms with Crippen molar-refractivity contribution < 1.29 is 0 Å². The molecule has 0 spiro atoms. The molecule has 4 aromatic carbocycles. The highest BCUT2D eigenvalue weighted by Crippen LogP contribution is 2.60. The van der Waals surface area contributed by atoms with Crippen molar-refractivity contribution in [3.63, 3.8) is 0 Å². The molecule has 0 atom stereocenters. The average molecular weight is 412 g/mol. The maximum atomic E-state index is 3.87. The number of benzene rings is 4. The molecule has 0 aliphatic carbocycles. The Hall–Kier alpha value is -2.58. The van der Waals surface area contributed by atoms with Crippen LogP contribution in [0.2, 0.25) is 0 Å². The van der Waals surface area contributed by atoms with Crippen molar-refractivity contribution in [1.82, 2.24) is 0 Å². The van der Waals surface area contributed by atoms with Gasteiger partial charge in [-0.05, 0) is 40.3 Å². The molecule has 130 valence electrons. The molecule has 0 amide bonds. The Kier molecular flexibility index (Phi) is 2.88. The lowest BCUT2D eigenvalue weighted by Crippen LogP contribution is -2.32. The molecule has 0 bridgehead atoms. The third-order valence-corrected chi connectivity index (χ3v) is 6.89. The first-order valence-corrected chi connectivity index (χ1v) is 10.1. The number of hydrogen-bond donors (Lipinski definition) is 0. The fraction of sp³-hybridized carbons (Fsp3) is 0.120. The summed E-state index contributed by atoms with van der Waals surface area (Å²) in [5.74, 6) is 0. The molecule has 27 heavy (non-hydrogen) atoms. The van der Waals surface area contributed by atoms with Crippen LogP contribution in [-0.2, 0) is 5.41 Å². The molecule has 6 rings (SSSR count). The van der Waals surface area contributed by atoms with Crippen molar-refractivity contribution in [1.29, 1.82) is 0 Å². The van der Waals surface area contributed by atoms with Gasteiger partial charge in [0.05, 0.1) is 17.1 Å². The molecular weight excluding hydrogens is 394 g/mol. The van der Waals surface area contributed by atoms with Crippen LogP contribution in [0.1, 0.15) is 25.0 Å². The van der Waals surface area contributed by atoms with Gasteiger partial charge in [-0.1, -0.05) is 84.4 Å². The summed E-state index contributed by atoms with van der Waals surface area (Å²) in [5, 5.41) is 2.63. The van der Waals surface area contributed by atoms with E-state index in [1.165, 1.54) is 54.6 Å². The smallest absolute Gasteiger partial charge is 0.0588 e. The minimum atomic E-state index is -0.0570. The topological polar surface area (TPSA) is 3.24 Å². The normalized spacial score (nSPS) is 15.4. The number of halogens is 1. The molecular formula is C25H18BrN. The molecule has 0 aromatic heterocycles. The van der Waals surface area contributed by atoms with E-state index in [0.717, 1.165) is 0 Å². The van der Waals surface area contributed by atoms with Gasteiger partial charge >= 0.3 is 0 Å². The van der Waals surface area contributed by atoms with E-state index < -0.39 is 0 Å². The third kappa shape index (κ3) is 1.79. The fourth-order valence-corrected chi connectivity index (χ4v) is 5.52. The molecule has 0 saturated heterocycles. The highest BCUT2D eigenvalue weighted by molar-refractivity contribution is 9.10. The molecule has 0 radical (unpaired) electrons. The summed E-state index contributed by atoms with van der Waals surface area (Å²) in [7, 11) is 0. The van der Waals surface area contributed by atoms with E-state index in [0.29, 0.717) is 0 Å². The highest BCUT2D eigenvalue weighted by Gasteiger charge is 2.40. The molecule has 0 saturated carbocycles. The lowest BCUT2D eigenvalue weighted by molar-refractivity contribution is 0.632. The van der Waals surface area contributed by atoms with Crippen molar-refractivity contribution in [2.45, 2.75) is 19.3 Å². The minimum Gasteiger partial charge on any atom is -0.309 e. The first-order chi connectivity index (χ1) is 13.1. The second-order valence-corrected chi connectivity index (χ2v) is 8.83. The Labute approximate surface area is 167 Å². The Bertz CT molecular complexity index is 1270. The quantitative estimate of drug-likeness (QED) is 0.252. The molecule has 2 aliphatic heterocycles. The zero-order chi connectivity index (χ0) is 18.3. The minimum absolute atomic E-state index is 0.0570. The maximum absolute atomic E-state index is 3.87. The van der Waals surface area contributed by atoms with Crippen molar-refractivity contribution in [3.05, 3.63) is 88.4 Å². The van der Waals surface area contributed by atoms with Gasteiger partial charge in [-0.25, -0.2) is 0 Å². The van der Waals surface area contributed by atoms with E-state index in [4.69, 9.17) is 0 Å². The standard InChI is InChI=1S/C25H18BrN/c1-25(2)18-11-4-6-13-22(18)27-21-12-5-3-8-15(21)16-9-7-10-17-20(26)14-19(25)24(27)23(16)17/h3-14H,1-2H3. The Balaban J connectivity index is 1.91. The predicted molar refractivity (Wildman–Crippen MR) is 117 cm³/mol. The zero-order valence-corrected chi connectivity index (χ0v) is 16.8. The van der Waals surface area contributed by atoms with Crippen LogP contribution in [0.15, 0.2) is 77.3 Å².